The first-order valence-electron chi connectivity index (χ1n) is 30.4. The molecule has 10 amide bonds. The molecule has 3 aromatic heterocycles. The number of rotatable bonds is 32. The molecule has 0 aliphatic carbocycles. The molecule has 2 aliphatic rings. The van der Waals surface area contributed by atoms with Crippen molar-refractivity contribution in [3.05, 3.63) is 90.3 Å². The molecule has 0 spiro atoms. The van der Waals surface area contributed by atoms with Crippen molar-refractivity contribution < 1.29 is 53.1 Å². The number of H-pyrrole nitrogens is 3. The summed E-state index contributed by atoms with van der Waals surface area (Å²) in [6.45, 7) is 8.89. The highest BCUT2D eigenvalue weighted by Crippen LogP contribution is 2.23. The van der Waals surface area contributed by atoms with Crippen LogP contribution in [0.15, 0.2) is 78.4 Å². The Hall–Kier alpha value is -9.34. The molecule has 0 unspecified atom stereocenters. The van der Waals surface area contributed by atoms with E-state index in [1.54, 1.807) is 39.2 Å². The summed E-state index contributed by atoms with van der Waals surface area (Å²) in [5.74, 6) is -7.29. The van der Waals surface area contributed by atoms with Crippen LogP contribution in [-0.4, -0.2) is 176 Å². The molecule has 5 heterocycles. The van der Waals surface area contributed by atoms with Crippen LogP contribution in [0.3, 0.4) is 0 Å². The summed E-state index contributed by atoms with van der Waals surface area (Å²) >= 11 is 0. The molecule has 2 fully saturated rings. The number of benzene rings is 2. The maximum Gasteiger partial charge on any atom is 0.245 e. The fourth-order valence-corrected chi connectivity index (χ4v) is 11.2. The van der Waals surface area contributed by atoms with Gasteiger partial charge in [-0.1, -0.05) is 64.1 Å². The van der Waals surface area contributed by atoms with Crippen LogP contribution in [0.1, 0.15) is 103 Å². The lowest BCUT2D eigenvalue weighted by Crippen LogP contribution is -2.61. The van der Waals surface area contributed by atoms with Crippen LogP contribution in [0.5, 0.6) is 0 Å². The number of nitrogens with zero attached hydrogens (tertiary/aromatic N) is 3. The highest BCUT2D eigenvalue weighted by molar-refractivity contribution is 6.00. The predicted molar refractivity (Wildman–Crippen MR) is 330 cm³/mol. The second kappa shape index (κ2) is 32.1. The number of imidazole rings is 1. The Labute approximate surface area is 515 Å². The monoisotopic (exact) mass is 1230 g/mol. The van der Waals surface area contributed by atoms with Crippen molar-refractivity contribution in [3.8, 4) is 0 Å². The molecule has 28 nitrogen and oxygen atoms in total. The first-order valence-corrected chi connectivity index (χ1v) is 30.4. The van der Waals surface area contributed by atoms with Crippen molar-refractivity contribution in [1.29, 1.82) is 0 Å². The van der Waals surface area contributed by atoms with E-state index < -0.39 is 108 Å². The van der Waals surface area contributed by atoms with Crippen LogP contribution < -0.4 is 59.3 Å². The van der Waals surface area contributed by atoms with Gasteiger partial charge < -0.3 is 84.3 Å². The smallest absolute Gasteiger partial charge is 0.245 e. The van der Waals surface area contributed by atoms with Gasteiger partial charge in [0.2, 0.25) is 59.1 Å². The summed E-state index contributed by atoms with van der Waals surface area (Å²) < 4.78 is 0. The number of hydrogen-bond acceptors (Lipinski definition) is 13. The Morgan fingerprint density at radius 1 is 0.652 bits per heavy atom. The number of carbonyl (C=O) groups excluding carboxylic acids is 10. The second-order valence-electron chi connectivity index (χ2n) is 23.5. The number of hydrogen-bond donors (Lipinski definition) is 15. The van der Waals surface area contributed by atoms with E-state index in [4.69, 9.17) is 11.5 Å². The molecule has 2 aromatic carbocycles. The third kappa shape index (κ3) is 18.8. The van der Waals surface area contributed by atoms with Gasteiger partial charge in [-0.2, -0.15) is 0 Å². The number of likely N-dealkylation sites (tertiary alicyclic amines) is 1. The molecule has 7 rings (SSSR count). The normalized spacial score (nSPS) is 17.1. The van der Waals surface area contributed by atoms with Gasteiger partial charge in [-0.3, -0.25) is 52.9 Å². The van der Waals surface area contributed by atoms with Crippen LogP contribution in [0.25, 0.3) is 21.8 Å². The zero-order valence-corrected chi connectivity index (χ0v) is 50.9. The van der Waals surface area contributed by atoms with E-state index in [1.807, 2.05) is 56.3 Å². The zero-order valence-electron chi connectivity index (χ0n) is 50.9. The maximum absolute atomic E-state index is 14.9. The number of guanidine groups is 1. The molecule has 2 aliphatic heterocycles. The third-order valence-corrected chi connectivity index (χ3v) is 15.6. The van der Waals surface area contributed by atoms with E-state index in [9.17, 15) is 53.1 Å². The quantitative estimate of drug-likeness (QED) is 0.0144. The number of aromatic amines is 3. The van der Waals surface area contributed by atoms with Crippen molar-refractivity contribution in [2.75, 3.05) is 26.2 Å². The number of aliphatic hydroxyl groups is 1. The predicted octanol–water partition coefficient (Wildman–Crippen LogP) is -0.662. The SMILES string of the molecule is CCNC(=O)[C@@H]1CCCN1C(=O)[C@H](CCCN=C(N)N)NC(=O)[C@H](CC(C)C)NC(=O)[C@@H](Cc1c[nH]c2ccccc12)NC(=O)[C@H](CC(C)C)NC(=O)[C@H](CO)NC(=O)[C@H](Cc1c[nH]c2ccccc12)NC(=O)[C@H](Cc1cnc[nH]1)NC(=O)[C@@H]1CCC(=O)N1. The number of aliphatic imine (C=N–C) groups is 1. The van der Waals surface area contributed by atoms with Crippen molar-refractivity contribution >= 4 is 86.8 Å². The van der Waals surface area contributed by atoms with E-state index in [0.717, 1.165) is 21.8 Å². The number of aromatic nitrogens is 4. The lowest BCUT2D eigenvalue weighted by Gasteiger charge is -2.30. The molecule has 0 radical (unpaired) electrons. The van der Waals surface area contributed by atoms with Gasteiger partial charge in [0, 0.05) is 91.4 Å². The maximum atomic E-state index is 14.9. The van der Waals surface area contributed by atoms with Gasteiger partial charge in [0.25, 0.3) is 0 Å². The minimum absolute atomic E-state index is 0.00722. The van der Waals surface area contributed by atoms with Crippen molar-refractivity contribution in [2.24, 2.45) is 28.3 Å². The number of carbonyl (C=O) groups is 10. The van der Waals surface area contributed by atoms with Gasteiger partial charge in [0.15, 0.2) is 5.96 Å². The average molecular weight is 1230 g/mol. The van der Waals surface area contributed by atoms with Gasteiger partial charge in [-0.15, -0.1) is 0 Å². The largest absolute Gasteiger partial charge is 0.394 e. The minimum Gasteiger partial charge on any atom is -0.394 e. The number of aliphatic hydroxyl groups excluding tert-OH is 1. The third-order valence-electron chi connectivity index (χ3n) is 15.6. The van der Waals surface area contributed by atoms with E-state index in [1.165, 1.54) is 17.4 Å². The molecule has 0 bridgehead atoms. The summed E-state index contributed by atoms with van der Waals surface area (Å²) in [5, 5.41) is 36.9. The average Bonchev–Trinajstić information content (AvgIpc) is 2.46. The van der Waals surface area contributed by atoms with Crippen molar-refractivity contribution in [3.63, 3.8) is 0 Å². The molecule has 2 saturated heterocycles. The van der Waals surface area contributed by atoms with E-state index in [-0.39, 0.29) is 100 Å². The lowest BCUT2D eigenvalue weighted by atomic mass is 9.99. The van der Waals surface area contributed by atoms with E-state index in [0.29, 0.717) is 36.2 Å². The first-order chi connectivity index (χ1) is 42.6. The molecule has 0 saturated carbocycles. The van der Waals surface area contributed by atoms with Crippen molar-refractivity contribution in [2.45, 2.75) is 160 Å². The minimum atomic E-state index is -1.70. The fourth-order valence-electron chi connectivity index (χ4n) is 11.2. The van der Waals surface area contributed by atoms with E-state index in [2.05, 4.69) is 72.8 Å². The standard InChI is InChI=1S/C61H85N17O11/c1-6-65-59(88)50-18-12-22-78(50)60(89)43(17-11-21-66-61(62)63)71-53(82)44(23-33(2)3)72-55(84)46(25-35-28-67-40-15-9-7-13-38(35)40)74-54(83)45(24-34(4)5)73-58(87)49(31-79)77-56(85)47(26-36-29-68-41-16-10-8-14-39(36)41)75-57(86)48(27-37-30-64-32-69-37)76-52(81)42-19-20-51(80)70-42/h7-10,13-16,28-30,32-34,42-50,67-68,79H,6,11-12,17-27,31H2,1-5H3,(H,64,69)(H,65,88)(H,70,80)(H,71,82)(H,72,84)(H,73,87)(H,74,83)(H,75,86)(H,76,81)(H,77,85)(H4,62,63,66)/t42-,43-,44-,45-,46+,47-,48-,49-,50-/m0/s1. The number of amides is 10. The van der Waals surface area contributed by atoms with Gasteiger partial charge >= 0.3 is 0 Å². The molecule has 9 atom stereocenters. The number of para-hydroxylation sites is 2. The zero-order chi connectivity index (χ0) is 64.3. The molecule has 5 aromatic rings. The summed E-state index contributed by atoms with van der Waals surface area (Å²) in [4.78, 5) is 159. The number of fused-ring (bicyclic) bond motifs is 2. The van der Waals surface area contributed by atoms with Crippen LogP contribution in [0.4, 0.5) is 0 Å². The molecule has 480 valence electrons. The van der Waals surface area contributed by atoms with E-state index >= 15 is 0 Å². The summed E-state index contributed by atoms with van der Waals surface area (Å²) in [7, 11) is 0. The molecule has 89 heavy (non-hydrogen) atoms. The Kier molecular flexibility index (Phi) is 24.2. The molecule has 17 N–H and O–H groups in total. The van der Waals surface area contributed by atoms with Crippen LogP contribution >= 0.6 is 0 Å². The number of nitrogens with two attached hydrogens (primary N) is 2. The second-order valence-corrected chi connectivity index (χ2v) is 23.5. The highest BCUT2D eigenvalue weighted by Gasteiger charge is 2.40. The molecular weight excluding hydrogens is 1150 g/mol. The van der Waals surface area contributed by atoms with Crippen LogP contribution in [-0.2, 0) is 67.2 Å². The number of likely N-dealkylation sites (N-methyl/N-ethyl adjacent to an activating group) is 1. The van der Waals surface area contributed by atoms with Crippen LogP contribution in [0, 0.1) is 11.8 Å². The van der Waals surface area contributed by atoms with Gasteiger partial charge in [0.05, 0.1) is 12.9 Å². The first kappa shape index (κ1) is 67.2. The summed E-state index contributed by atoms with van der Waals surface area (Å²) in [5.41, 5.74) is 14.3. The van der Waals surface area contributed by atoms with Gasteiger partial charge in [-0.05, 0) is 87.0 Å². The van der Waals surface area contributed by atoms with Gasteiger partial charge in [-0.25, -0.2) is 4.98 Å². The van der Waals surface area contributed by atoms with Gasteiger partial charge in [0.1, 0.15) is 54.4 Å². The molecular formula is C61H85N17O11. The molecule has 28 heteroatoms. The lowest BCUT2D eigenvalue weighted by molar-refractivity contribution is -0.142. The van der Waals surface area contributed by atoms with Crippen LogP contribution in [0.2, 0.25) is 0 Å². The Balaban J connectivity index is 1.11. The summed E-state index contributed by atoms with van der Waals surface area (Å²) in [6, 6.07) is 3.35. The fraction of sp³-hybridized carbons (Fsp3) is 0.508. The highest BCUT2D eigenvalue weighted by atomic mass is 16.3. The Morgan fingerprint density at radius 3 is 1.65 bits per heavy atom. The topological polar surface area (TPSA) is 427 Å². The Morgan fingerprint density at radius 2 is 1.16 bits per heavy atom. The van der Waals surface area contributed by atoms with Crippen molar-refractivity contribution in [1.82, 2.24) is 72.7 Å². The Bertz CT molecular complexity index is 3320. The number of nitrogens with one attached hydrogen (secondary N) is 12. The summed E-state index contributed by atoms with van der Waals surface area (Å²) in [6.07, 6.45) is 7.69.